The monoisotopic (exact) mass is 448 g/mol. The quantitative estimate of drug-likeness (QED) is 0.510. The molecule has 0 bridgehead atoms. The highest BCUT2D eigenvalue weighted by atomic mass is 79.9. The van der Waals surface area contributed by atoms with Gasteiger partial charge in [0.15, 0.2) is 11.7 Å². The number of amides is 1. The minimum absolute atomic E-state index is 0.0836. The summed E-state index contributed by atoms with van der Waals surface area (Å²) in [6.07, 6.45) is 0. The molecule has 0 aliphatic rings. The molecule has 5 nitrogen and oxygen atoms in total. The van der Waals surface area contributed by atoms with Crippen LogP contribution in [0.15, 0.2) is 40.9 Å². The van der Waals surface area contributed by atoms with Gasteiger partial charge in [0.25, 0.3) is 5.91 Å². The maximum Gasteiger partial charge on any atom is 0.264 e. The number of rotatable bonds is 7. The van der Waals surface area contributed by atoms with Gasteiger partial charge in [-0.15, -0.1) is 0 Å². The molecular weight excluding hydrogens is 428 g/mol. The standard InChI is InChI=1S/C20H21BrN2O3S/c1-4-25-14-6-7-16-18(10-14)27-20(22-16)23-19(24)11-26-17-8-5-13(12(2)3)9-15(17)21/h5-10,12H,4,11H2,1-3H3,(H,22,23,24). The van der Waals surface area contributed by atoms with Crippen LogP contribution in [-0.2, 0) is 4.79 Å². The van der Waals surface area contributed by atoms with Crippen LogP contribution in [-0.4, -0.2) is 24.1 Å². The van der Waals surface area contributed by atoms with E-state index >= 15 is 0 Å². The first kappa shape index (κ1) is 19.6. The second-order valence-corrected chi connectivity index (χ2v) is 8.15. The number of thiazole rings is 1. The minimum Gasteiger partial charge on any atom is -0.494 e. The number of nitrogens with one attached hydrogen (secondary N) is 1. The Morgan fingerprint density at radius 1 is 1.22 bits per heavy atom. The van der Waals surface area contributed by atoms with Crippen LogP contribution >= 0.6 is 27.3 Å². The van der Waals surface area contributed by atoms with Gasteiger partial charge in [-0.3, -0.25) is 10.1 Å². The first-order valence-electron chi connectivity index (χ1n) is 8.71. The summed E-state index contributed by atoms with van der Waals surface area (Å²) in [5.74, 6) is 1.62. The third kappa shape index (κ3) is 4.99. The molecule has 0 unspecified atom stereocenters. The molecule has 1 aromatic heterocycles. The molecule has 0 spiro atoms. The first-order chi connectivity index (χ1) is 13.0. The number of hydrogen-bond acceptors (Lipinski definition) is 5. The molecule has 0 saturated carbocycles. The van der Waals surface area contributed by atoms with E-state index in [1.54, 1.807) is 0 Å². The highest BCUT2D eigenvalue weighted by molar-refractivity contribution is 9.10. The zero-order chi connectivity index (χ0) is 19.4. The van der Waals surface area contributed by atoms with Crippen LogP contribution in [0.2, 0.25) is 0 Å². The van der Waals surface area contributed by atoms with Crippen molar-refractivity contribution in [1.29, 1.82) is 0 Å². The number of hydrogen-bond donors (Lipinski definition) is 1. The van der Waals surface area contributed by atoms with Crippen LogP contribution in [0.4, 0.5) is 5.13 Å². The summed E-state index contributed by atoms with van der Waals surface area (Å²) in [5, 5.41) is 3.33. The minimum atomic E-state index is -0.251. The van der Waals surface area contributed by atoms with E-state index in [9.17, 15) is 4.79 Å². The van der Waals surface area contributed by atoms with Crippen molar-refractivity contribution in [3.63, 3.8) is 0 Å². The van der Waals surface area contributed by atoms with Crippen LogP contribution in [0.3, 0.4) is 0 Å². The fraction of sp³-hybridized carbons (Fsp3) is 0.300. The van der Waals surface area contributed by atoms with Gasteiger partial charge in [0.2, 0.25) is 0 Å². The molecule has 0 radical (unpaired) electrons. The average Bonchev–Trinajstić information content (AvgIpc) is 3.02. The Kier molecular flexibility index (Phi) is 6.34. The number of halogens is 1. The van der Waals surface area contributed by atoms with E-state index in [0.717, 1.165) is 20.4 Å². The van der Waals surface area contributed by atoms with Crippen LogP contribution in [0, 0.1) is 0 Å². The number of anilines is 1. The van der Waals surface area contributed by atoms with Gasteiger partial charge >= 0.3 is 0 Å². The predicted molar refractivity (Wildman–Crippen MR) is 113 cm³/mol. The number of carbonyl (C=O) groups excluding carboxylic acids is 1. The number of nitrogens with zero attached hydrogens (tertiary/aromatic N) is 1. The largest absolute Gasteiger partial charge is 0.494 e. The van der Waals surface area contributed by atoms with Gasteiger partial charge in [-0.25, -0.2) is 4.98 Å². The van der Waals surface area contributed by atoms with Crippen LogP contribution in [0.25, 0.3) is 10.2 Å². The summed E-state index contributed by atoms with van der Waals surface area (Å²) in [6, 6.07) is 11.6. The van der Waals surface area contributed by atoms with Crippen molar-refractivity contribution in [3.05, 3.63) is 46.4 Å². The second-order valence-electron chi connectivity index (χ2n) is 6.26. The predicted octanol–water partition coefficient (Wildman–Crippen LogP) is 5.60. The molecule has 0 aliphatic carbocycles. The lowest BCUT2D eigenvalue weighted by Crippen LogP contribution is -2.20. The van der Waals surface area contributed by atoms with E-state index in [1.165, 1.54) is 16.9 Å². The van der Waals surface area contributed by atoms with Gasteiger partial charge < -0.3 is 9.47 Å². The van der Waals surface area contributed by atoms with Crippen LogP contribution < -0.4 is 14.8 Å². The van der Waals surface area contributed by atoms with Crippen LogP contribution in [0.5, 0.6) is 11.5 Å². The van der Waals surface area contributed by atoms with Crippen molar-refractivity contribution in [2.45, 2.75) is 26.7 Å². The molecule has 142 valence electrons. The molecule has 1 heterocycles. The maximum atomic E-state index is 12.2. The molecule has 1 amide bonds. The number of ether oxygens (including phenoxy) is 2. The highest BCUT2D eigenvalue weighted by Crippen LogP contribution is 2.30. The Labute approximate surface area is 170 Å². The lowest BCUT2D eigenvalue weighted by Gasteiger charge is -2.11. The number of benzene rings is 2. The zero-order valence-electron chi connectivity index (χ0n) is 15.4. The van der Waals surface area contributed by atoms with E-state index in [2.05, 4.69) is 40.1 Å². The normalized spacial score (nSPS) is 11.0. The molecular formula is C20H21BrN2O3S. The van der Waals surface area contributed by atoms with E-state index in [0.29, 0.717) is 23.4 Å². The van der Waals surface area contributed by atoms with Crippen molar-refractivity contribution in [1.82, 2.24) is 4.98 Å². The van der Waals surface area contributed by atoms with Gasteiger partial charge in [0.1, 0.15) is 11.5 Å². The maximum absolute atomic E-state index is 12.2. The van der Waals surface area contributed by atoms with Gasteiger partial charge in [0, 0.05) is 0 Å². The lowest BCUT2D eigenvalue weighted by atomic mass is 10.0. The fourth-order valence-electron chi connectivity index (χ4n) is 2.51. The summed E-state index contributed by atoms with van der Waals surface area (Å²) in [7, 11) is 0. The molecule has 0 fully saturated rings. The van der Waals surface area contributed by atoms with Crippen molar-refractivity contribution < 1.29 is 14.3 Å². The summed E-state index contributed by atoms with van der Waals surface area (Å²) in [5.41, 5.74) is 2.03. The molecule has 3 rings (SSSR count). The van der Waals surface area contributed by atoms with E-state index in [4.69, 9.17) is 9.47 Å². The molecule has 3 aromatic rings. The summed E-state index contributed by atoms with van der Waals surface area (Å²) in [6.45, 7) is 6.73. The lowest BCUT2D eigenvalue weighted by molar-refractivity contribution is -0.118. The number of aromatic nitrogens is 1. The molecule has 2 aromatic carbocycles. The second kappa shape index (κ2) is 8.71. The molecule has 1 N–H and O–H groups in total. The Morgan fingerprint density at radius 3 is 2.74 bits per heavy atom. The average molecular weight is 449 g/mol. The topological polar surface area (TPSA) is 60.5 Å². The molecule has 0 saturated heterocycles. The highest BCUT2D eigenvalue weighted by Gasteiger charge is 2.11. The van der Waals surface area contributed by atoms with Crippen LogP contribution in [0.1, 0.15) is 32.3 Å². The van der Waals surface area contributed by atoms with Gasteiger partial charge in [-0.05, 0) is 64.7 Å². The molecule has 0 atom stereocenters. The summed E-state index contributed by atoms with van der Waals surface area (Å²) in [4.78, 5) is 16.6. The summed E-state index contributed by atoms with van der Waals surface area (Å²) < 4.78 is 12.9. The zero-order valence-corrected chi connectivity index (χ0v) is 17.8. The van der Waals surface area contributed by atoms with Crippen molar-refractivity contribution >= 4 is 48.5 Å². The molecule has 27 heavy (non-hydrogen) atoms. The first-order valence-corrected chi connectivity index (χ1v) is 10.3. The van der Waals surface area contributed by atoms with E-state index in [-0.39, 0.29) is 12.5 Å². The van der Waals surface area contributed by atoms with Gasteiger partial charge in [-0.1, -0.05) is 31.3 Å². The Balaban J connectivity index is 1.61. The Morgan fingerprint density at radius 2 is 2.04 bits per heavy atom. The van der Waals surface area contributed by atoms with E-state index in [1.807, 2.05) is 43.3 Å². The van der Waals surface area contributed by atoms with Crippen molar-refractivity contribution in [3.8, 4) is 11.5 Å². The summed E-state index contributed by atoms with van der Waals surface area (Å²) >= 11 is 4.90. The molecule has 0 aliphatic heterocycles. The molecule has 7 heteroatoms. The van der Waals surface area contributed by atoms with Crippen molar-refractivity contribution in [2.75, 3.05) is 18.5 Å². The Bertz CT molecular complexity index is 956. The smallest absolute Gasteiger partial charge is 0.264 e. The third-order valence-corrected chi connectivity index (χ3v) is 5.45. The van der Waals surface area contributed by atoms with Crippen molar-refractivity contribution in [2.24, 2.45) is 0 Å². The number of carbonyl (C=O) groups is 1. The van der Waals surface area contributed by atoms with E-state index < -0.39 is 0 Å². The Hall–Kier alpha value is -2.12. The number of fused-ring (bicyclic) bond motifs is 1. The fourth-order valence-corrected chi connectivity index (χ4v) is 3.93. The van der Waals surface area contributed by atoms with Gasteiger partial charge in [0.05, 0.1) is 21.3 Å². The third-order valence-electron chi connectivity index (χ3n) is 3.90. The SMILES string of the molecule is CCOc1ccc2nc(NC(=O)COc3ccc(C(C)C)cc3Br)sc2c1. The van der Waals surface area contributed by atoms with Gasteiger partial charge in [-0.2, -0.15) is 0 Å².